The van der Waals surface area contributed by atoms with Crippen molar-refractivity contribution >= 4 is 16.9 Å². The average Bonchev–Trinajstić information content (AvgIpc) is 2.96. The Hall–Kier alpha value is -3.67. The number of hydrogen-bond acceptors (Lipinski definition) is 2. The van der Waals surface area contributed by atoms with E-state index in [1.54, 1.807) is 17.7 Å². The van der Waals surface area contributed by atoms with Crippen molar-refractivity contribution in [3.8, 4) is 0 Å². The summed E-state index contributed by atoms with van der Waals surface area (Å²) in [6.07, 6.45) is 1.90. The fourth-order valence-corrected chi connectivity index (χ4v) is 3.41. The molecule has 0 saturated heterocycles. The first-order chi connectivity index (χ1) is 14.0. The third-order valence-corrected chi connectivity index (χ3v) is 4.97. The number of amides is 1. The van der Waals surface area contributed by atoms with Gasteiger partial charge in [-0.3, -0.25) is 13.9 Å². The minimum atomic E-state index is -0.368. The number of para-hydroxylation sites is 2. The fourth-order valence-electron chi connectivity index (χ4n) is 3.41. The first kappa shape index (κ1) is 18.7. The topological polar surface area (TPSA) is 61.3 Å². The molecule has 146 valence electrons. The molecule has 0 aliphatic rings. The predicted molar refractivity (Wildman–Crippen MR) is 112 cm³/mol. The molecule has 2 aromatic heterocycles. The quantitative estimate of drug-likeness (QED) is 0.541. The first-order valence-electron chi connectivity index (χ1n) is 9.46. The number of rotatable bonds is 4. The van der Waals surface area contributed by atoms with Crippen LogP contribution in [-0.2, 0) is 24.9 Å². The average molecular weight is 386 g/mol. The summed E-state index contributed by atoms with van der Waals surface area (Å²) < 4.78 is 4.94. The summed E-state index contributed by atoms with van der Waals surface area (Å²) in [5.74, 6) is -0.368. The van der Waals surface area contributed by atoms with Crippen LogP contribution in [0.3, 0.4) is 0 Å². The van der Waals surface area contributed by atoms with Crippen LogP contribution in [0.5, 0.6) is 0 Å². The second-order valence-electron chi connectivity index (χ2n) is 7.09. The maximum absolute atomic E-state index is 12.7. The first-order valence-corrected chi connectivity index (χ1v) is 9.46. The lowest BCUT2D eigenvalue weighted by Crippen LogP contribution is -2.27. The van der Waals surface area contributed by atoms with Crippen LogP contribution in [0.4, 0.5) is 0 Å². The standard InChI is InChI=1S/C23H22N4O2/c1-17-10-12-18(13-11-17)15-26-14-6-5-9-21(26)24-22(28)16-27-20-8-4-3-7-19(20)25(2)23(27)29/h3-14H,15-16H2,1-2H3. The van der Waals surface area contributed by atoms with Crippen LogP contribution in [0, 0.1) is 6.92 Å². The highest BCUT2D eigenvalue weighted by Gasteiger charge is 2.12. The molecule has 6 nitrogen and oxygen atoms in total. The van der Waals surface area contributed by atoms with Gasteiger partial charge in [0.25, 0.3) is 5.91 Å². The molecule has 0 aliphatic heterocycles. The maximum Gasteiger partial charge on any atom is 0.329 e. The summed E-state index contributed by atoms with van der Waals surface area (Å²) in [6, 6.07) is 21.2. The van der Waals surface area contributed by atoms with Crippen molar-refractivity contribution in [3.05, 3.63) is 100 Å². The SMILES string of the molecule is Cc1ccc(Cn2ccccc2=NC(=O)Cn2c(=O)n(C)c3ccccc32)cc1. The van der Waals surface area contributed by atoms with Gasteiger partial charge in [0.15, 0.2) is 0 Å². The van der Waals surface area contributed by atoms with Gasteiger partial charge in [-0.1, -0.05) is 48.0 Å². The smallest absolute Gasteiger partial charge is 0.328 e. The highest BCUT2D eigenvalue weighted by Crippen LogP contribution is 2.11. The van der Waals surface area contributed by atoms with Crippen molar-refractivity contribution in [2.75, 3.05) is 0 Å². The third-order valence-electron chi connectivity index (χ3n) is 4.97. The molecule has 0 unspecified atom stereocenters. The summed E-state index contributed by atoms with van der Waals surface area (Å²) in [7, 11) is 1.70. The van der Waals surface area contributed by atoms with Crippen LogP contribution in [0.15, 0.2) is 82.7 Å². The molecule has 0 fully saturated rings. The third kappa shape index (κ3) is 3.82. The normalized spacial score (nSPS) is 11.9. The van der Waals surface area contributed by atoms with E-state index in [0.29, 0.717) is 12.0 Å². The summed E-state index contributed by atoms with van der Waals surface area (Å²) in [5.41, 5.74) is 4.18. The Morgan fingerprint density at radius 3 is 2.38 bits per heavy atom. The van der Waals surface area contributed by atoms with E-state index in [2.05, 4.69) is 29.3 Å². The molecule has 0 radical (unpaired) electrons. The number of benzene rings is 2. The van der Waals surface area contributed by atoms with E-state index < -0.39 is 0 Å². The minimum Gasteiger partial charge on any atom is -0.328 e. The zero-order valence-electron chi connectivity index (χ0n) is 16.4. The van der Waals surface area contributed by atoms with Gasteiger partial charge in [0.2, 0.25) is 0 Å². The molecule has 2 heterocycles. The summed E-state index contributed by atoms with van der Waals surface area (Å²) in [6.45, 7) is 2.56. The second-order valence-corrected chi connectivity index (χ2v) is 7.09. The number of imidazole rings is 1. The monoisotopic (exact) mass is 386 g/mol. The number of fused-ring (bicyclic) bond motifs is 1. The molecule has 0 aliphatic carbocycles. The van der Waals surface area contributed by atoms with Gasteiger partial charge in [-0.2, -0.15) is 4.99 Å². The van der Waals surface area contributed by atoms with E-state index in [4.69, 9.17) is 0 Å². The minimum absolute atomic E-state index is 0.0976. The van der Waals surface area contributed by atoms with Crippen LogP contribution in [0.1, 0.15) is 11.1 Å². The lowest BCUT2D eigenvalue weighted by Gasteiger charge is -2.08. The van der Waals surface area contributed by atoms with Gasteiger partial charge in [0.1, 0.15) is 12.0 Å². The highest BCUT2D eigenvalue weighted by atomic mass is 16.2. The lowest BCUT2D eigenvalue weighted by atomic mass is 10.1. The number of carbonyl (C=O) groups excluding carboxylic acids is 1. The summed E-state index contributed by atoms with van der Waals surface area (Å²) in [4.78, 5) is 29.5. The van der Waals surface area contributed by atoms with E-state index in [-0.39, 0.29) is 18.1 Å². The van der Waals surface area contributed by atoms with E-state index >= 15 is 0 Å². The van der Waals surface area contributed by atoms with Crippen molar-refractivity contribution in [1.82, 2.24) is 13.7 Å². The zero-order chi connectivity index (χ0) is 20.4. The molecule has 0 spiro atoms. The van der Waals surface area contributed by atoms with Crippen LogP contribution < -0.4 is 11.2 Å². The van der Waals surface area contributed by atoms with Gasteiger partial charge in [0.05, 0.1) is 11.0 Å². The van der Waals surface area contributed by atoms with E-state index in [9.17, 15) is 9.59 Å². The van der Waals surface area contributed by atoms with Crippen LogP contribution in [0.2, 0.25) is 0 Å². The number of nitrogens with zero attached hydrogens (tertiary/aromatic N) is 4. The fraction of sp³-hybridized carbons (Fsp3) is 0.174. The number of aromatic nitrogens is 3. The molecule has 6 heteroatoms. The zero-order valence-corrected chi connectivity index (χ0v) is 16.4. The Balaban J connectivity index is 1.66. The lowest BCUT2D eigenvalue weighted by molar-refractivity contribution is -0.118. The Labute approximate surface area is 168 Å². The van der Waals surface area contributed by atoms with Gasteiger partial charge < -0.3 is 4.57 Å². The Bertz CT molecular complexity index is 1310. The predicted octanol–water partition coefficient (Wildman–Crippen LogP) is 2.63. The molecule has 0 bridgehead atoms. The Kier molecular flexibility index (Phi) is 4.99. The highest BCUT2D eigenvalue weighted by molar-refractivity contribution is 5.81. The van der Waals surface area contributed by atoms with Crippen molar-refractivity contribution < 1.29 is 4.79 Å². The van der Waals surface area contributed by atoms with E-state index in [1.807, 2.05) is 54.1 Å². The second kappa shape index (κ2) is 7.75. The van der Waals surface area contributed by atoms with Gasteiger partial charge in [-0.15, -0.1) is 0 Å². The molecular weight excluding hydrogens is 364 g/mol. The summed E-state index contributed by atoms with van der Waals surface area (Å²) in [5, 5.41) is 0. The maximum atomic E-state index is 12.7. The van der Waals surface area contributed by atoms with Crippen molar-refractivity contribution in [1.29, 1.82) is 0 Å². The molecule has 4 aromatic rings. The van der Waals surface area contributed by atoms with Crippen LogP contribution >= 0.6 is 0 Å². The molecule has 0 saturated carbocycles. The van der Waals surface area contributed by atoms with Gasteiger partial charge in [-0.05, 0) is 36.8 Å². The Morgan fingerprint density at radius 1 is 0.931 bits per heavy atom. The molecule has 0 atom stereocenters. The summed E-state index contributed by atoms with van der Waals surface area (Å²) >= 11 is 0. The van der Waals surface area contributed by atoms with E-state index in [1.165, 1.54) is 10.1 Å². The van der Waals surface area contributed by atoms with E-state index in [0.717, 1.165) is 16.6 Å². The largest absolute Gasteiger partial charge is 0.329 e. The van der Waals surface area contributed by atoms with Crippen molar-refractivity contribution in [3.63, 3.8) is 0 Å². The van der Waals surface area contributed by atoms with Gasteiger partial charge >= 0.3 is 5.69 Å². The van der Waals surface area contributed by atoms with Crippen LogP contribution in [-0.4, -0.2) is 19.6 Å². The Morgan fingerprint density at radius 2 is 1.62 bits per heavy atom. The molecule has 0 N–H and O–H groups in total. The van der Waals surface area contributed by atoms with Gasteiger partial charge in [-0.25, -0.2) is 4.79 Å². The number of carbonyl (C=O) groups is 1. The number of hydrogen-bond donors (Lipinski definition) is 0. The molecule has 2 aromatic carbocycles. The molecular formula is C23H22N4O2. The molecule has 29 heavy (non-hydrogen) atoms. The number of aryl methyl sites for hydroxylation is 2. The van der Waals surface area contributed by atoms with Crippen LogP contribution in [0.25, 0.3) is 11.0 Å². The van der Waals surface area contributed by atoms with Crippen molar-refractivity contribution in [2.45, 2.75) is 20.0 Å². The molecule has 4 rings (SSSR count). The number of pyridine rings is 1. The molecule has 1 amide bonds. The van der Waals surface area contributed by atoms with Crippen molar-refractivity contribution in [2.24, 2.45) is 12.0 Å². The van der Waals surface area contributed by atoms with Gasteiger partial charge in [0, 0.05) is 19.8 Å².